The van der Waals surface area contributed by atoms with E-state index in [2.05, 4.69) is 15.0 Å². The van der Waals surface area contributed by atoms with Crippen molar-refractivity contribution >= 4 is 5.91 Å². The maximum absolute atomic E-state index is 12.7. The largest absolute Gasteiger partial charge is 0.335 e. The molecule has 0 fully saturated rings. The summed E-state index contributed by atoms with van der Waals surface area (Å²) in [6.07, 6.45) is 3.79. The highest BCUT2D eigenvalue weighted by atomic mass is 16.2. The van der Waals surface area contributed by atoms with Crippen molar-refractivity contribution < 1.29 is 4.79 Å². The van der Waals surface area contributed by atoms with Gasteiger partial charge in [0.1, 0.15) is 5.82 Å². The van der Waals surface area contributed by atoms with Gasteiger partial charge in [0.15, 0.2) is 0 Å². The van der Waals surface area contributed by atoms with Crippen LogP contribution in [0.4, 0.5) is 0 Å². The highest BCUT2D eigenvalue weighted by Gasteiger charge is 2.33. The first kappa shape index (κ1) is 17.3. The molecule has 0 aromatic carbocycles. The summed E-state index contributed by atoms with van der Waals surface area (Å²) >= 11 is 0. The van der Waals surface area contributed by atoms with Crippen LogP contribution in [-0.4, -0.2) is 38.3 Å². The Morgan fingerprint density at radius 1 is 1.40 bits per heavy atom. The van der Waals surface area contributed by atoms with E-state index in [4.69, 9.17) is 5.73 Å². The van der Waals surface area contributed by atoms with E-state index >= 15 is 0 Å². The molecular formula is C18H23N5O2. The first-order chi connectivity index (χ1) is 11.8. The Morgan fingerprint density at radius 3 is 2.80 bits per heavy atom. The molecule has 0 spiro atoms. The predicted octanol–water partition coefficient (Wildman–Crippen LogP) is 1.09. The molecule has 132 valence electrons. The number of nitrogens with two attached hydrogens (primary N) is 1. The van der Waals surface area contributed by atoms with Gasteiger partial charge in [0.05, 0.1) is 18.3 Å². The topological polar surface area (TPSA) is 105 Å². The number of fused-ring (bicyclic) bond motifs is 1. The smallest absolute Gasteiger partial charge is 0.254 e. The Labute approximate surface area is 146 Å². The minimum atomic E-state index is -0.589. The van der Waals surface area contributed by atoms with Crippen LogP contribution in [0.15, 0.2) is 29.3 Å². The second-order valence-electron chi connectivity index (χ2n) is 7.43. The summed E-state index contributed by atoms with van der Waals surface area (Å²) in [6.45, 7) is 6.60. The quantitative estimate of drug-likeness (QED) is 0.851. The third kappa shape index (κ3) is 3.46. The lowest BCUT2D eigenvalue weighted by atomic mass is 9.86. The van der Waals surface area contributed by atoms with E-state index in [0.717, 1.165) is 5.56 Å². The predicted molar refractivity (Wildman–Crippen MR) is 94.6 cm³/mol. The number of pyridine rings is 1. The number of amides is 1. The molecule has 7 nitrogen and oxygen atoms in total. The van der Waals surface area contributed by atoms with Crippen LogP contribution in [0.3, 0.4) is 0 Å². The van der Waals surface area contributed by atoms with Crippen LogP contribution in [-0.2, 0) is 17.8 Å². The molecule has 1 atom stereocenters. The van der Waals surface area contributed by atoms with Crippen LogP contribution in [0.5, 0.6) is 0 Å². The zero-order chi connectivity index (χ0) is 18.2. The maximum Gasteiger partial charge on any atom is 0.254 e. The fraction of sp³-hybridized carbons (Fsp3) is 0.444. The molecule has 0 saturated heterocycles. The zero-order valence-electron chi connectivity index (χ0n) is 14.7. The molecule has 0 radical (unpaired) electrons. The van der Waals surface area contributed by atoms with Gasteiger partial charge in [-0.3, -0.25) is 14.6 Å². The summed E-state index contributed by atoms with van der Waals surface area (Å²) in [7, 11) is 0. The van der Waals surface area contributed by atoms with Crippen molar-refractivity contribution in [2.24, 2.45) is 11.1 Å². The number of carbonyl (C=O) groups is 1. The monoisotopic (exact) mass is 341 g/mol. The number of aromatic nitrogens is 3. The molecule has 1 amide bonds. The number of nitrogens with zero attached hydrogens (tertiary/aromatic N) is 3. The van der Waals surface area contributed by atoms with Crippen LogP contribution in [0, 0.1) is 5.41 Å². The van der Waals surface area contributed by atoms with E-state index in [1.807, 2.05) is 26.8 Å². The van der Waals surface area contributed by atoms with E-state index in [1.165, 1.54) is 0 Å². The van der Waals surface area contributed by atoms with Crippen LogP contribution < -0.4 is 11.3 Å². The summed E-state index contributed by atoms with van der Waals surface area (Å²) in [6, 6.07) is 3.03. The molecule has 3 rings (SSSR count). The summed E-state index contributed by atoms with van der Waals surface area (Å²) in [5.41, 5.74) is 7.63. The molecule has 3 N–H and O–H groups in total. The standard InChI is InChI=1S/C18H23N5O2/c1-18(2,3)14(19)17(25)23-8-6-12-13(10-23)21-15(22-16(12)24)11-5-4-7-20-9-11/h4-5,7,9,14H,6,8,10,19H2,1-3H3,(H,21,22,24). The highest BCUT2D eigenvalue weighted by Crippen LogP contribution is 2.23. The molecule has 25 heavy (non-hydrogen) atoms. The van der Waals surface area contributed by atoms with Crippen molar-refractivity contribution in [2.45, 2.75) is 39.8 Å². The third-order valence-electron chi connectivity index (χ3n) is 4.52. The van der Waals surface area contributed by atoms with Gasteiger partial charge in [-0.05, 0) is 24.0 Å². The summed E-state index contributed by atoms with van der Waals surface area (Å²) in [5.74, 6) is 0.356. The van der Waals surface area contributed by atoms with E-state index in [1.54, 1.807) is 23.4 Å². The van der Waals surface area contributed by atoms with Crippen molar-refractivity contribution in [1.82, 2.24) is 19.9 Å². The molecule has 0 saturated carbocycles. The van der Waals surface area contributed by atoms with Gasteiger partial charge in [-0.2, -0.15) is 0 Å². The average molecular weight is 341 g/mol. The number of carbonyl (C=O) groups excluding carboxylic acids is 1. The summed E-state index contributed by atoms with van der Waals surface area (Å²) in [5, 5.41) is 0. The van der Waals surface area contributed by atoms with Crippen LogP contribution in [0.2, 0.25) is 0 Å². The molecule has 2 aromatic rings. The van der Waals surface area contributed by atoms with Gasteiger partial charge in [-0.25, -0.2) is 4.98 Å². The Morgan fingerprint density at radius 2 is 2.16 bits per heavy atom. The molecule has 0 aliphatic carbocycles. The van der Waals surface area contributed by atoms with Gasteiger partial charge < -0.3 is 15.6 Å². The van der Waals surface area contributed by atoms with Crippen LogP contribution in [0.25, 0.3) is 11.4 Å². The molecule has 1 aliphatic heterocycles. The number of H-pyrrole nitrogens is 1. The maximum atomic E-state index is 12.7. The summed E-state index contributed by atoms with van der Waals surface area (Å²) in [4.78, 5) is 38.2. The second kappa shape index (κ2) is 6.40. The van der Waals surface area contributed by atoms with Crippen molar-refractivity contribution in [1.29, 1.82) is 0 Å². The Kier molecular flexibility index (Phi) is 4.43. The lowest BCUT2D eigenvalue weighted by Gasteiger charge is -2.34. The first-order valence-electron chi connectivity index (χ1n) is 8.34. The van der Waals surface area contributed by atoms with Crippen molar-refractivity contribution in [3.8, 4) is 11.4 Å². The molecule has 2 aromatic heterocycles. The Bertz CT molecular complexity index is 839. The van der Waals surface area contributed by atoms with Crippen molar-refractivity contribution in [3.63, 3.8) is 0 Å². The average Bonchev–Trinajstić information content (AvgIpc) is 2.59. The van der Waals surface area contributed by atoms with E-state index < -0.39 is 6.04 Å². The van der Waals surface area contributed by atoms with Crippen LogP contribution >= 0.6 is 0 Å². The Hall–Kier alpha value is -2.54. The lowest BCUT2D eigenvalue weighted by Crippen LogP contribution is -2.52. The third-order valence-corrected chi connectivity index (χ3v) is 4.52. The molecule has 1 unspecified atom stereocenters. The number of hydrogen-bond donors (Lipinski definition) is 2. The minimum absolute atomic E-state index is 0.108. The van der Waals surface area contributed by atoms with Gasteiger partial charge in [0.25, 0.3) is 5.56 Å². The number of aromatic amines is 1. The van der Waals surface area contributed by atoms with Gasteiger partial charge in [0.2, 0.25) is 5.91 Å². The molecule has 0 bridgehead atoms. The SMILES string of the molecule is CC(C)(C)C(N)C(=O)N1CCc2c(nc(-c3cccnc3)[nH]c2=O)C1. The first-order valence-corrected chi connectivity index (χ1v) is 8.34. The van der Waals surface area contributed by atoms with E-state index in [-0.39, 0.29) is 16.9 Å². The van der Waals surface area contributed by atoms with E-state index in [0.29, 0.717) is 36.6 Å². The van der Waals surface area contributed by atoms with Gasteiger partial charge in [0, 0.05) is 30.1 Å². The fourth-order valence-electron chi connectivity index (χ4n) is 2.83. The van der Waals surface area contributed by atoms with E-state index in [9.17, 15) is 9.59 Å². The van der Waals surface area contributed by atoms with Crippen molar-refractivity contribution in [2.75, 3.05) is 6.54 Å². The van der Waals surface area contributed by atoms with Crippen LogP contribution in [0.1, 0.15) is 32.0 Å². The molecular weight excluding hydrogens is 318 g/mol. The highest BCUT2D eigenvalue weighted by molar-refractivity contribution is 5.82. The van der Waals surface area contributed by atoms with Crippen molar-refractivity contribution in [3.05, 3.63) is 46.1 Å². The number of hydrogen-bond acceptors (Lipinski definition) is 5. The second-order valence-corrected chi connectivity index (χ2v) is 7.43. The molecule has 3 heterocycles. The fourth-order valence-corrected chi connectivity index (χ4v) is 2.83. The minimum Gasteiger partial charge on any atom is -0.335 e. The zero-order valence-corrected chi connectivity index (χ0v) is 14.7. The van der Waals surface area contributed by atoms with Gasteiger partial charge in [-0.15, -0.1) is 0 Å². The summed E-state index contributed by atoms with van der Waals surface area (Å²) < 4.78 is 0. The molecule has 1 aliphatic rings. The Balaban J connectivity index is 1.91. The van der Waals surface area contributed by atoms with Gasteiger partial charge >= 0.3 is 0 Å². The molecule has 7 heteroatoms. The number of nitrogens with one attached hydrogen (secondary N) is 1. The lowest BCUT2D eigenvalue weighted by molar-refractivity contribution is -0.136. The van der Waals surface area contributed by atoms with Gasteiger partial charge in [-0.1, -0.05) is 20.8 Å². The number of rotatable bonds is 2. The normalized spacial score (nSPS) is 15.6.